The van der Waals surface area contributed by atoms with Crippen LogP contribution in [0.1, 0.15) is 34.1 Å². The molecular weight excluding hydrogens is 348 g/mol. The van der Waals surface area contributed by atoms with Crippen LogP contribution >= 0.6 is 0 Å². The molecule has 0 spiro atoms. The lowest BCUT2D eigenvalue weighted by atomic mass is 9.92. The molecule has 0 aromatic heterocycles. The molecule has 0 radical (unpaired) electrons. The molecule has 0 saturated carbocycles. The molecule has 0 bridgehead atoms. The lowest BCUT2D eigenvalue weighted by molar-refractivity contribution is -0.251. The predicted octanol–water partition coefficient (Wildman–Crippen LogP) is 0.688. The average Bonchev–Trinajstić information content (AvgIpc) is 2.50. The van der Waals surface area contributed by atoms with Crippen LogP contribution in [0.4, 0.5) is 0 Å². The van der Waals surface area contributed by atoms with E-state index < -0.39 is 54.4 Å². The average molecular weight is 372 g/mol. The molecule has 9 heteroatoms. The van der Waals surface area contributed by atoms with E-state index in [-0.39, 0.29) is 13.0 Å². The van der Waals surface area contributed by atoms with Gasteiger partial charge in [0.1, 0.15) is 18.8 Å². The molecule has 1 aliphatic rings. The first-order chi connectivity index (χ1) is 12.1. The second-order valence-corrected chi connectivity index (χ2v) is 5.76. The second-order valence-electron chi connectivity index (χ2n) is 5.76. The van der Waals surface area contributed by atoms with Gasteiger partial charge >= 0.3 is 23.9 Å². The van der Waals surface area contributed by atoms with Gasteiger partial charge in [-0.1, -0.05) is 6.08 Å². The summed E-state index contributed by atoms with van der Waals surface area (Å²) in [6.07, 6.45) is -3.11. The van der Waals surface area contributed by atoms with Crippen molar-refractivity contribution in [3.63, 3.8) is 0 Å². The molecule has 1 saturated heterocycles. The minimum Gasteiger partial charge on any atom is -0.463 e. The zero-order valence-electron chi connectivity index (χ0n) is 15.3. The molecule has 26 heavy (non-hydrogen) atoms. The molecule has 1 heterocycles. The summed E-state index contributed by atoms with van der Waals surface area (Å²) in [5, 5.41) is 0. The van der Waals surface area contributed by atoms with E-state index in [1.54, 1.807) is 6.08 Å². The monoisotopic (exact) mass is 372 g/mol. The third kappa shape index (κ3) is 6.47. The van der Waals surface area contributed by atoms with Crippen LogP contribution in [0.15, 0.2) is 12.7 Å². The van der Waals surface area contributed by atoms with Gasteiger partial charge < -0.3 is 23.7 Å². The van der Waals surface area contributed by atoms with Crippen molar-refractivity contribution < 1.29 is 42.9 Å². The first kappa shape index (κ1) is 21.6. The van der Waals surface area contributed by atoms with Gasteiger partial charge in [0.25, 0.3) is 0 Å². The Morgan fingerprint density at radius 3 is 1.69 bits per heavy atom. The van der Waals surface area contributed by atoms with Crippen LogP contribution in [0.3, 0.4) is 0 Å². The Morgan fingerprint density at radius 2 is 1.27 bits per heavy atom. The lowest BCUT2D eigenvalue weighted by Crippen LogP contribution is -2.62. The number of ether oxygens (including phenoxy) is 5. The fraction of sp³-hybridized carbons (Fsp3) is 0.647. The van der Waals surface area contributed by atoms with E-state index in [0.717, 1.165) is 0 Å². The van der Waals surface area contributed by atoms with Crippen molar-refractivity contribution in [3.05, 3.63) is 12.7 Å². The summed E-state index contributed by atoms with van der Waals surface area (Å²) in [5.74, 6) is -2.49. The van der Waals surface area contributed by atoms with E-state index >= 15 is 0 Å². The molecule has 1 aliphatic heterocycles. The molecule has 0 aliphatic carbocycles. The first-order valence-corrected chi connectivity index (χ1v) is 8.07. The zero-order chi connectivity index (χ0) is 19.9. The number of carbonyl (C=O) groups excluding carboxylic acids is 4. The molecule has 0 amide bonds. The molecule has 0 aromatic rings. The number of hydrogen-bond donors (Lipinski definition) is 0. The van der Waals surface area contributed by atoms with E-state index in [9.17, 15) is 19.2 Å². The van der Waals surface area contributed by atoms with Crippen LogP contribution in [-0.2, 0) is 42.9 Å². The Morgan fingerprint density at radius 1 is 0.808 bits per heavy atom. The van der Waals surface area contributed by atoms with E-state index in [4.69, 9.17) is 23.7 Å². The highest BCUT2D eigenvalue weighted by molar-refractivity contribution is 5.68. The maximum atomic E-state index is 11.6. The third-order valence-corrected chi connectivity index (χ3v) is 3.49. The van der Waals surface area contributed by atoms with Crippen LogP contribution in [0.25, 0.3) is 0 Å². The molecular formula is C17H24O9. The smallest absolute Gasteiger partial charge is 0.303 e. The van der Waals surface area contributed by atoms with Gasteiger partial charge in [0.05, 0.1) is 0 Å². The van der Waals surface area contributed by atoms with Crippen molar-refractivity contribution in [3.8, 4) is 0 Å². The summed E-state index contributed by atoms with van der Waals surface area (Å²) in [5.41, 5.74) is 0. The van der Waals surface area contributed by atoms with Gasteiger partial charge in [0, 0.05) is 27.7 Å². The molecule has 146 valence electrons. The Balaban J connectivity index is 3.24. The van der Waals surface area contributed by atoms with E-state index in [1.165, 1.54) is 27.7 Å². The van der Waals surface area contributed by atoms with Crippen LogP contribution in [0.2, 0.25) is 0 Å². The minimum absolute atomic E-state index is 0.231. The van der Waals surface area contributed by atoms with Gasteiger partial charge in [-0.3, -0.25) is 19.2 Å². The fourth-order valence-electron chi connectivity index (χ4n) is 2.67. The van der Waals surface area contributed by atoms with Crippen molar-refractivity contribution in [2.75, 3.05) is 6.61 Å². The molecule has 0 aromatic carbocycles. The van der Waals surface area contributed by atoms with Crippen LogP contribution < -0.4 is 0 Å². The second kappa shape index (κ2) is 9.91. The maximum Gasteiger partial charge on any atom is 0.303 e. The highest BCUT2D eigenvalue weighted by Crippen LogP contribution is 2.30. The fourth-order valence-corrected chi connectivity index (χ4v) is 2.67. The van der Waals surface area contributed by atoms with Crippen molar-refractivity contribution in [1.82, 2.24) is 0 Å². The van der Waals surface area contributed by atoms with E-state index in [1.807, 2.05) is 0 Å². The normalized spacial score (nSPS) is 27.8. The Bertz CT molecular complexity index is 556. The largest absolute Gasteiger partial charge is 0.463 e. The van der Waals surface area contributed by atoms with Gasteiger partial charge in [0.2, 0.25) is 0 Å². The van der Waals surface area contributed by atoms with Gasteiger partial charge in [-0.15, -0.1) is 6.58 Å². The minimum atomic E-state index is -1.13. The van der Waals surface area contributed by atoms with Crippen LogP contribution in [0.5, 0.6) is 0 Å². The molecule has 5 atom stereocenters. The van der Waals surface area contributed by atoms with Gasteiger partial charge in [-0.25, -0.2) is 0 Å². The Labute approximate surface area is 151 Å². The Kier molecular flexibility index (Phi) is 8.24. The van der Waals surface area contributed by atoms with Crippen molar-refractivity contribution in [2.45, 2.75) is 64.6 Å². The quantitative estimate of drug-likeness (QED) is 0.361. The molecule has 1 rings (SSSR count). The highest BCUT2D eigenvalue weighted by Gasteiger charge is 2.51. The first-order valence-electron chi connectivity index (χ1n) is 8.07. The van der Waals surface area contributed by atoms with Crippen LogP contribution in [-0.4, -0.2) is 61.0 Å². The number of rotatable bonds is 7. The standard InChI is InChI=1S/C17H24O9/c1-6-7-13-15(23-10(3)19)17(25-12(5)21)16(24-11(4)20)14(26-13)8-22-9(2)18/h6,13-17H,1,7-8H2,2-5H3/t13-,14-,15-,16-,17-/m1/s1. The number of esters is 4. The van der Waals surface area contributed by atoms with E-state index in [0.29, 0.717) is 0 Å². The number of hydrogen-bond acceptors (Lipinski definition) is 9. The van der Waals surface area contributed by atoms with Gasteiger partial charge in [-0.2, -0.15) is 0 Å². The summed E-state index contributed by atoms with van der Waals surface area (Å²) in [6, 6.07) is 0. The molecule has 1 fully saturated rings. The Hall–Kier alpha value is -2.42. The van der Waals surface area contributed by atoms with Crippen molar-refractivity contribution >= 4 is 23.9 Å². The van der Waals surface area contributed by atoms with Crippen molar-refractivity contribution in [2.24, 2.45) is 0 Å². The lowest BCUT2D eigenvalue weighted by Gasteiger charge is -2.44. The SMILES string of the molecule is C=CC[C@H]1O[C@H](COC(C)=O)[C@@H](OC(C)=O)[C@H](OC(C)=O)[C@@H]1OC(C)=O. The summed E-state index contributed by atoms with van der Waals surface area (Å²) in [4.78, 5) is 45.7. The molecule has 9 nitrogen and oxygen atoms in total. The topological polar surface area (TPSA) is 114 Å². The summed E-state index contributed by atoms with van der Waals surface area (Å²) in [7, 11) is 0. The maximum absolute atomic E-state index is 11.6. The van der Waals surface area contributed by atoms with Crippen LogP contribution in [0, 0.1) is 0 Å². The van der Waals surface area contributed by atoms with Gasteiger partial charge in [0.15, 0.2) is 18.3 Å². The molecule has 0 N–H and O–H groups in total. The summed E-state index contributed by atoms with van der Waals surface area (Å²) >= 11 is 0. The van der Waals surface area contributed by atoms with Gasteiger partial charge in [-0.05, 0) is 6.42 Å². The molecule has 0 unspecified atom stereocenters. The zero-order valence-corrected chi connectivity index (χ0v) is 15.3. The van der Waals surface area contributed by atoms with E-state index in [2.05, 4.69) is 6.58 Å². The highest BCUT2D eigenvalue weighted by atomic mass is 16.7. The summed E-state index contributed by atoms with van der Waals surface area (Å²) < 4.78 is 26.6. The van der Waals surface area contributed by atoms with Crippen molar-refractivity contribution in [1.29, 1.82) is 0 Å². The predicted molar refractivity (Wildman–Crippen MR) is 86.8 cm³/mol. The number of carbonyl (C=O) groups is 4. The third-order valence-electron chi connectivity index (χ3n) is 3.49. The summed E-state index contributed by atoms with van der Waals surface area (Å²) in [6.45, 7) is 8.15.